The van der Waals surface area contributed by atoms with E-state index in [2.05, 4.69) is 53.7 Å². The van der Waals surface area contributed by atoms with Crippen molar-refractivity contribution in [3.05, 3.63) is 65.9 Å². The fourth-order valence-corrected chi connectivity index (χ4v) is 3.50. The van der Waals surface area contributed by atoms with E-state index in [0.717, 1.165) is 35.2 Å². The summed E-state index contributed by atoms with van der Waals surface area (Å²) in [4.78, 5) is 19.0. The molecule has 1 fully saturated rings. The first-order chi connectivity index (χ1) is 15.7. The number of morpholine rings is 1. The van der Waals surface area contributed by atoms with Gasteiger partial charge in [0.2, 0.25) is 17.8 Å². The molecule has 9 heteroatoms. The van der Waals surface area contributed by atoms with Gasteiger partial charge in [0, 0.05) is 41.4 Å². The van der Waals surface area contributed by atoms with Crippen molar-refractivity contribution >= 4 is 40.6 Å². The number of para-hydroxylation sites is 1. The Morgan fingerprint density at radius 3 is 2.62 bits per heavy atom. The van der Waals surface area contributed by atoms with E-state index in [0.29, 0.717) is 31.1 Å². The lowest BCUT2D eigenvalue weighted by molar-refractivity contribution is 0.122. The second kappa shape index (κ2) is 9.03. The highest BCUT2D eigenvalue weighted by molar-refractivity contribution is 5.99. The van der Waals surface area contributed by atoms with Crippen LogP contribution in [-0.4, -0.2) is 52.5 Å². The zero-order chi connectivity index (χ0) is 21.8. The number of H-pyrrole nitrogens is 1. The predicted octanol–water partition coefficient (Wildman–Crippen LogP) is 3.69. The number of hydrazone groups is 1. The van der Waals surface area contributed by atoms with Crippen molar-refractivity contribution in [1.29, 1.82) is 0 Å². The molecule has 162 valence electrons. The van der Waals surface area contributed by atoms with Gasteiger partial charge in [-0.3, -0.25) is 0 Å². The first kappa shape index (κ1) is 20.0. The molecule has 1 saturated heterocycles. The molecule has 0 radical (unpaired) electrons. The van der Waals surface area contributed by atoms with E-state index in [1.807, 2.05) is 48.7 Å². The summed E-state index contributed by atoms with van der Waals surface area (Å²) in [5.41, 5.74) is 7.10. The van der Waals surface area contributed by atoms with E-state index >= 15 is 0 Å². The Balaban J connectivity index is 1.40. The highest BCUT2D eigenvalue weighted by atomic mass is 16.5. The topological polar surface area (TPSA) is 103 Å². The van der Waals surface area contributed by atoms with E-state index in [1.54, 1.807) is 6.21 Å². The predicted molar refractivity (Wildman–Crippen MR) is 127 cm³/mol. The largest absolute Gasteiger partial charge is 0.378 e. The molecule has 0 unspecified atom stereocenters. The van der Waals surface area contributed by atoms with Crippen LogP contribution in [0.5, 0.6) is 0 Å². The van der Waals surface area contributed by atoms with Gasteiger partial charge in [0.05, 0.1) is 19.4 Å². The van der Waals surface area contributed by atoms with Gasteiger partial charge in [0.15, 0.2) is 0 Å². The standard InChI is InChI=1S/C23H24N8O/c1-16-6-8-18(9-7-16)26-21-27-22(29-23(28-21)31-10-12-32-13-11-31)30-25-15-17-14-24-20-5-3-2-4-19(17)20/h2-9,14-15,24H,10-13H2,1H3,(H2,26,27,28,29,30)/b25-15+. The van der Waals surface area contributed by atoms with Crippen LogP contribution in [0.15, 0.2) is 59.8 Å². The van der Waals surface area contributed by atoms with Crippen LogP contribution in [0.4, 0.5) is 23.5 Å². The number of benzene rings is 2. The maximum atomic E-state index is 5.46. The second-order valence-corrected chi connectivity index (χ2v) is 7.53. The van der Waals surface area contributed by atoms with E-state index in [-0.39, 0.29) is 0 Å². The summed E-state index contributed by atoms with van der Waals surface area (Å²) in [6.45, 7) is 4.80. The van der Waals surface area contributed by atoms with Gasteiger partial charge < -0.3 is 19.9 Å². The number of rotatable bonds is 6. The van der Waals surface area contributed by atoms with Crippen molar-refractivity contribution in [1.82, 2.24) is 19.9 Å². The summed E-state index contributed by atoms with van der Waals surface area (Å²) in [6.07, 6.45) is 3.68. The highest BCUT2D eigenvalue weighted by Gasteiger charge is 2.16. The molecule has 0 spiro atoms. The van der Waals surface area contributed by atoms with Crippen LogP contribution in [0.1, 0.15) is 11.1 Å². The van der Waals surface area contributed by atoms with Gasteiger partial charge in [-0.1, -0.05) is 35.9 Å². The molecule has 0 saturated carbocycles. The maximum absolute atomic E-state index is 5.46. The van der Waals surface area contributed by atoms with Crippen molar-refractivity contribution < 1.29 is 4.74 Å². The minimum Gasteiger partial charge on any atom is -0.378 e. The summed E-state index contributed by atoms with van der Waals surface area (Å²) in [5.74, 6) is 1.41. The Bertz CT molecular complexity index is 1230. The Morgan fingerprint density at radius 1 is 1.00 bits per heavy atom. The molecule has 3 heterocycles. The summed E-state index contributed by atoms with van der Waals surface area (Å²) in [7, 11) is 0. The van der Waals surface area contributed by atoms with Crippen LogP contribution < -0.4 is 15.6 Å². The molecule has 2 aromatic heterocycles. The fourth-order valence-electron chi connectivity index (χ4n) is 3.50. The minimum atomic E-state index is 0.368. The van der Waals surface area contributed by atoms with Gasteiger partial charge in [-0.25, -0.2) is 5.43 Å². The van der Waals surface area contributed by atoms with E-state index in [1.165, 1.54) is 5.56 Å². The van der Waals surface area contributed by atoms with E-state index in [4.69, 9.17) is 4.74 Å². The number of fused-ring (bicyclic) bond motifs is 1. The number of aryl methyl sites for hydroxylation is 1. The molecular weight excluding hydrogens is 404 g/mol. The number of nitrogens with one attached hydrogen (secondary N) is 3. The van der Waals surface area contributed by atoms with Crippen LogP contribution in [0.3, 0.4) is 0 Å². The minimum absolute atomic E-state index is 0.368. The van der Waals surface area contributed by atoms with Gasteiger partial charge in [-0.2, -0.15) is 20.1 Å². The van der Waals surface area contributed by atoms with E-state index < -0.39 is 0 Å². The lowest BCUT2D eigenvalue weighted by Crippen LogP contribution is -2.37. The maximum Gasteiger partial charge on any atom is 0.250 e. The van der Waals surface area contributed by atoms with Gasteiger partial charge in [-0.15, -0.1) is 0 Å². The van der Waals surface area contributed by atoms with Crippen LogP contribution in [-0.2, 0) is 4.74 Å². The molecule has 1 aliphatic heterocycles. The van der Waals surface area contributed by atoms with E-state index in [9.17, 15) is 0 Å². The first-order valence-corrected chi connectivity index (χ1v) is 10.5. The third-order valence-electron chi connectivity index (χ3n) is 5.21. The van der Waals surface area contributed by atoms with Crippen LogP contribution in [0.2, 0.25) is 0 Å². The zero-order valence-corrected chi connectivity index (χ0v) is 17.7. The molecule has 9 nitrogen and oxygen atoms in total. The lowest BCUT2D eigenvalue weighted by Gasteiger charge is -2.27. The highest BCUT2D eigenvalue weighted by Crippen LogP contribution is 2.20. The number of hydrogen-bond acceptors (Lipinski definition) is 8. The third kappa shape index (κ3) is 4.52. The quantitative estimate of drug-likeness (QED) is 0.318. The first-order valence-electron chi connectivity index (χ1n) is 10.5. The lowest BCUT2D eigenvalue weighted by atomic mass is 10.2. The molecule has 3 N–H and O–H groups in total. The summed E-state index contributed by atoms with van der Waals surface area (Å²) in [5, 5.41) is 8.72. The number of nitrogens with zero attached hydrogens (tertiary/aromatic N) is 5. The summed E-state index contributed by atoms with van der Waals surface area (Å²) >= 11 is 0. The smallest absolute Gasteiger partial charge is 0.250 e. The molecule has 5 rings (SSSR count). The second-order valence-electron chi connectivity index (χ2n) is 7.53. The average Bonchev–Trinajstić information content (AvgIpc) is 3.24. The molecule has 0 aliphatic carbocycles. The molecular formula is C23H24N8O. The van der Waals surface area contributed by atoms with Gasteiger partial charge in [-0.05, 0) is 25.1 Å². The Labute approximate surface area is 185 Å². The van der Waals surface area contributed by atoms with Crippen molar-refractivity contribution in [2.75, 3.05) is 41.9 Å². The normalized spacial score (nSPS) is 14.2. The van der Waals surface area contributed by atoms with Crippen molar-refractivity contribution in [2.45, 2.75) is 6.92 Å². The number of ether oxygens (including phenoxy) is 1. The van der Waals surface area contributed by atoms with Gasteiger partial charge in [0.1, 0.15) is 0 Å². The van der Waals surface area contributed by atoms with Crippen LogP contribution in [0, 0.1) is 6.92 Å². The Morgan fingerprint density at radius 2 is 1.78 bits per heavy atom. The number of aromatic nitrogens is 4. The molecule has 4 aromatic rings. The third-order valence-corrected chi connectivity index (χ3v) is 5.21. The van der Waals surface area contributed by atoms with Crippen molar-refractivity contribution in [2.24, 2.45) is 5.10 Å². The number of anilines is 4. The number of aromatic amines is 1. The van der Waals surface area contributed by atoms with Gasteiger partial charge >= 0.3 is 0 Å². The molecule has 2 aromatic carbocycles. The average molecular weight is 429 g/mol. The van der Waals surface area contributed by atoms with Crippen molar-refractivity contribution in [3.63, 3.8) is 0 Å². The Hall–Kier alpha value is -3.98. The molecule has 32 heavy (non-hydrogen) atoms. The summed E-state index contributed by atoms with van der Waals surface area (Å²) < 4.78 is 5.46. The van der Waals surface area contributed by atoms with Crippen LogP contribution >= 0.6 is 0 Å². The molecule has 0 amide bonds. The zero-order valence-electron chi connectivity index (χ0n) is 17.7. The fraction of sp³-hybridized carbons (Fsp3) is 0.217. The van der Waals surface area contributed by atoms with Gasteiger partial charge in [0.25, 0.3) is 0 Å². The summed E-state index contributed by atoms with van der Waals surface area (Å²) in [6, 6.07) is 16.2. The molecule has 1 aliphatic rings. The molecule has 0 bridgehead atoms. The van der Waals surface area contributed by atoms with Crippen molar-refractivity contribution in [3.8, 4) is 0 Å². The molecule has 0 atom stereocenters. The monoisotopic (exact) mass is 428 g/mol. The Kier molecular flexibility index (Phi) is 5.63. The number of hydrogen-bond donors (Lipinski definition) is 3. The van der Waals surface area contributed by atoms with Crippen LogP contribution in [0.25, 0.3) is 10.9 Å². The SMILES string of the molecule is Cc1ccc(Nc2nc(N/N=C/c3c[nH]c4ccccc34)nc(N3CCOCC3)n2)cc1.